The molecular formula is C34H34O7. The molecular weight excluding hydrogens is 520 g/mol. The Morgan fingerprint density at radius 2 is 0.951 bits per heavy atom. The Morgan fingerprint density at radius 3 is 1.41 bits per heavy atom. The monoisotopic (exact) mass is 554 g/mol. The third kappa shape index (κ3) is 8.10. The van der Waals surface area contributed by atoms with E-state index in [1.54, 1.807) is 0 Å². The van der Waals surface area contributed by atoms with Gasteiger partial charge >= 0.3 is 5.97 Å². The standard InChI is InChI=1S/C34H34O7/c35-29-30(37-21-25-13-5-1-6-14-25)32(38-22-26-15-7-2-8-16-26)34(40-24-28-19-11-4-12-20-28)41-31(29)33(36)39-23-27-17-9-3-10-18-27/h1-20,29-32,34-35H,21-24H2/t29-,30+,31+,32-,34-/m1/s1. The fraction of sp³-hybridized carbons (Fsp3) is 0.265. The molecule has 0 aliphatic carbocycles. The second kappa shape index (κ2) is 14.7. The zero-order chi connectivity index (χ0) is 28.3. The Balaban J connectivity index is 1.38. The van der Waals surface area contributed by atoms with Crippen LogP contribution >= 0.6 is 0 Å². The Bertz CT molecular complexity index is 1320. The molecule has 1 aliphatic heterocycles. The van der Waals surface area contributed by atoms with Crippen molar-refractivity contribution in [3.8, 4) is 0 Å². The maximum absolute atomic E-state index is 13.2. The van der Waals surface area contributed by atoms with E-state index in [0.717, 1.165) is 22.3 Å². The van der Waals surface area contributed by atoms with E-state index in [0.29, 0.717) is 0 Å². The molecule has 5 atom stereocenters. The molecule has 0 saturated carbocycles. The Labute approximate surface area is 240 Å². The first kappa shape index (κ1) is 28.7. The summed E-state index contributed by atoms with van der Waals surface area (Å²) in [6.45, 7) is 0.696. The first-order valence-corrected chi connectivity index (χ1v) is 13.7. The highest BCUT2D eigenvalue weighted by molar-refractivity contribution is 5.75. The molecule has 4 aromatic rings. The lowest BCUT2D eigenvalue weighted by molar-refractivity contribution is -0.316. The van der Waals surface area contributed by atoms with Gasteiger partial charge in [0.25, 0.3) is 0 Å². The minimum Gasteiger partial charge on any atom is -0.459 e. The number of aliphatic hydroxyl groups is 1. The summed E-state index contributed by atoms with van der Waals surface area (Å²) in [7, 11) is 0. The van der Waals surface area contributed by atoms with Crippen LogP contribution in [0.4, 0.5) is 0 Å². The van der Waals surface area contributed by atoms with Gasteiger partial charge in [0.2, 0.25) is 0 Å². The average Bonchev–Trinajstić information content (AvgIpc) is 3.03. The predicted octanol–water partition coefficient (Wildman–Crippen LogP) is 5.20. The van der Waals surface area contributed by atoms with Crippen LogP contribution in [-0.2, 0) is 54.9 Å². The van der Waals surface area contributed by atoms with Crippen molar-refractivity contribution in [2.75, 3.05) is 0 Å². The fourth-order valence-electron chi connectivity index (χ4n) is 4.62. The molecule has 1 aliphatic rings. The third-order valence-corrected chi connectivity index (χ3v) is 6.80. The summed E-state index contributed by atoms with van der Waals surface area (Å²) >= 11 is 0. The third-order valence-electron chi connectivity index (χ3n) is 6.80. The zero-order valence-electron chi connectivity index (χ0n) is 22.7. The Kier molecular flexibility index (Phi) is 10.3. The molecule has 0 unspecified atom stereocenters. The molecule has 4 aromatic carbocycles. The summed E-state index contributed by atoms with van der Waals surface area (Å²) in [5, 5.41) is 11.5. The second-order valence-electron chi connectivity index (χ2n) is 9.83. The molecule has 1 fully saturated rings. The number of carbonyl (C=O) groups is 1. The summed E-state index contributed by atoms with van der Waals surface area (Å²) < 4.78 is 30.4. The van der Waals surface area contributed by atoms with Gasteiger partial charge in [0, 0.05) is 0 Å². The molecule has 5 rings (SSSR count). The van der Waals surface area contributed by atoms with Crippen LogP contribution in [0.5, 0.6) is 0 Å². The molecule has 7 nitrogen and oxygen atoms in total. The lowest BCUT2D eigenvalue weighted by atomic mass is 9.98. The van der Waals surface area contributed by atoms with Gasteiger partial charge in [-0.1, -0.05) is 121 Å². The fourth-order valence-corrected chi connectivity index (χ4v) is 4.62. The molecule has 1 N–H and O–H groups in total. The van der Waals surface area contributed by atoms with Crippen LogP contribution in [0.1, 0.15) is 22.3 Å². The molecule has 41 heavy (non-hydrogen) atoms. The Hall–Kier alpha value is -3.85. The first-order chi connectivity index (χ1) is 20.2. The van der Waals surface area contributed by atoms with Gasteiger partial charge in [-0.3, -0.25) is 0 Å². The molecule has 1 saturated heterocycles. The number of ether oxygens (including phenoxy) is 5. The minimum atomic E-state index is -1.36. The number of hydrogen-bond donors (Lipinski definition) is 1. The van der Waals surface area contributed by atoms with E-state index in [-0.39, 0.29) is 26.4 Å². The predicted molar refractivity (Wildman–Crippen MR) is 152 cm³/mol. The maximum atomic E-state index is 13.2. The maximum Gasteiger partial charge on any atom is 0.338 e. The number of hydrogen-bond acceptors (Lipinski definition) is 7. The molecule has 212 valence electrons. The van der Waals surface area contributed by atoms with Crippen LogP contribution in [0.2, 0.25) is 0 Å². The van der Waals surface area contributed by atoms with E-state index in [1.165, 1.54) is 0 Å². The lowest BCUT2D eigenvalue weighted by Gasteiger charge is -2.43. The quantitative estimate of drug-likeness (QED) is 0.241. The molecule has 0 radical (unpaired) electrons. The molecule has 0 amide bonds. The molecule has 0 spiro atoms. The van der Waals surface area contributed by atoms with Crippen LogP contribution in [-0.4, -0.2) is 41.8 Å². The minimum absolute atomic E-state index is 0.0469. The van der Waals surface area contributed by atoms with E-state index in [4.69, 9.17) is 23.7 Å². The number of carbonyl (C=O) groups excluding carboxylic acids is 1. The van der Waals surface area contributed by atoms with Gasteiger partial charge in [0.15, 0.2) is 12.4 Å². The van der Waals surface area contributed by atoms with E-state index < -0.39 is 36.7 Å². The molecule has 7 heteroatoms. The van der Waals surface area contributed by atoms with E-state index in [1.807, 2.05) is 121 Å². The Morgan fingerprint density at radius 1 is 0.561 bits per heavy atom. The highest BCUT2D eigenvalue weighted by Gasteiger charge is 2.50. The highest BCUT2D eigenvalue weighted by Crippen LogP contribution is 2.30. The largest absolute Gasteiger partial charge is 0.459 e. The number of benzene rings is 4. The van der Waals surface area contributed by atoms with Gasteiger partial charge < -0.3 is 28.8 Å². The molecule has 1 heterocycles. The summed E-state index contributed by atoms with van der Waals surface area (Å²) in [5.74, 6) is -0.704. The van der Waals surface area contributed by atoms with Crippen LogP contribution in [0, 0.1) is 0 Å². The first-order valence-electron chi connectivity index (χ1n) is 13.7. The van der Waals surface area contributed by atoms with Gasteiger partial charge in [-0.25, -0.2) is 4.79 Å². The van der Waals surface area contributed by atoms with Gasteiger partial charge in [-0.15, -0.1) is 0 Å². The van der Waals surface area contributed by atoms with Crippen LogP contribution in [0.15, 0.2) is 121 Å². The van der Waals surface area contributed by atoms with Crippen molar-refractivity contribution in [1.29, 1.82) is 0 Å². The number of esters is 1. The summed E-state index contributed by atoms with van der Waals surface area (Å²) in [6, 6.07) is 38.3. The van der Waals surface area contributed by atoms with Crippen molar-refractivity contribution < 1.29 is 33.6 Å². The van der Waals surface area contributed by atoms with Crippen LogP contribution in [0.25, 0.3) is 0 Å². The van der Waals surface area contributed by atoms with Crippen molar-refractivity contribution in [3.63, 3.8) is 0 Å². The van der Waals surface area contributed by atoms with E-state index in [2.05, 4.69) is 0 Å². The van der Waals surface area contributed by atoms with Gasteiger partial charge in [0.05, 0.1) is 19.8 Å². The van der Waals surface area contributed by atoms with E-state index >= 15 is 0 Å². The SMILES string of the molecule is O=C(OCc1ccccc1)[C@H]1O[C@@H](OCc2ccccc2)[C@H](OCc2ccccc2)[C@@H](OCc2ccccc2)[C@H]1O. The van der Waals surface area contributed by atoms with Crippen molar-refractivity contribution >= 4 is 5.97 Å². The van der Waals surface area contributed by atoms with Crippen molar-refractivity contribution in [2.45, 2.75) is 57.1 Å². The van der Waals surface area contributed by atoms with Gasteiger partial charge in [0.1, 0.15) is 24.9 Å². The number of aliphatic hydroxyl groups excluding tert-OH is 1. The van der Waals surface area contributed by atoms with Crippen LogP contribution in [0.3, 0.4) is 0 Å². The van der Waals surface area contributed by atoms with Gasteiger partial charge in [-0.2, -0.15) is 0 Å². The molecule has 0 bridgehead atoms. The summed E-state index contributed by atoms with van der Waals surface area (Å²) in [6.07, 6.45) is -5.49. The number of rotatable bonds is 12. The normalized spacial score (nSPS) is 22.2. The van der Waals surface area contributed by atoms with Crippen molar-refractivity contribution in [1.82, 2.24) is 0 Å². The highest BCUT2D eigenvalue weighted by atomic mass is 16.7. The second-order valence-corrected chi connectivity index (χ2v) is 9.83. The van der Waals surface area contributed by atoms with E-state index in [9.17, 15) is 9.90 Å². The van der Waals surface area contributed by atoms with Crippen molar-refractivity contribution in [3.05, 3.63) is 144 Å². The summed E-state index contributed by atoms with van der Waals surface area (Å²) in [5.41, 5.74) is 3.60. The smallest absolute Gasteiger partial charge is 0.338 e. The van der Waals surface area contributed by atoms with Gasteiger partial charge in [-0.05, 0) is 22.3 Å². The molecule has 0 aromatic heterocycles. The lowest BCUT2D eigenvalue weighted by Crippen LogP contribution is -2.62. The van der Waals surface area contributed by atoms with Crippen LogP contribution < -0.4 is 0 Å². The zero-order valence-corrected chi connectivity index (χ0v) is 22.7. The topological polar surface area (TPSA) is 83.5 Å². The summed E-state index contributed by atoms with van der Waals surface area (Å²) in [4.78, 5) is 13.2. The van der Waals surface area contributed by atoms with Crippen molar-refractivity contribution in [2.24, 2.45) is 0 Å². The average molecular weight is 555 g/mol.